The third-order valence-corrected chi connectivity index (χ3v) is 6.68. The van der Waals surface area contributed by atoms with Crippen LogP contribution in [0.2, 0.25) is 0 Å². The Labute approximate surface area is 189 Å². The van der Waals surface area contributed by atoms with E-state index in [1.165, 1.54) is 0 Å². The standard InChI is InChI=1S/C23H24BrN5O2/c1-15(30)29-10-9-28(13-18(14-29)16-3-2-8-26-11-16)12-17-4-6-20-19(22(17)24)5-7-21(27-20)23(25)31/h2-8,11,18H,9-10,12-14H2,1H3,(H2,25,31)/t18-/m1/s1. The number of amides is 2. The van der Waals surface area contributed by atoms with Gasteiger partial charge in [0.15, 0.2) is 0 Å². The summed E-state index contributed by atoms with van der Waals surface area (Å²) in [4.78, 5) is 36.4. The van der Waals surface area contributed by atoms with Crippen LogP contribution in [0.5, 0.6) is 0 Å². The molecule has 0 saturated carbocycles. The highest BCUT2D eigenvalue weighted by Crippen LogP contribution is 2.29. The first-order valence-corrected chi connectivity index (χ1v) is 11.0. The number of carbonyl (C=O) groups is 2. The molecule has 0 bridgehead atoms. The van der Waals surface area contributed by atoms with Crippen molar-refractivity contribution in [1.29, 1.82) is 0 Å². The molecule has 2 amide bonds. The van der Waals surface area contributed by atoms with Crippen LogP contribution >= 0.6 is 15.9 Å². The highest BCUT2D eigenvalue weighted by atomic mass is 79.9. The first kappa shape index (κ1) is 21.4. The van der Waals surface area contributed by atoms with Crippen molar-refractivity contribution in [2.75, 3.05) is 26.2 Å². The molecule has 0 radical (unpaired) electrons. The largest absolute Gasteiger partial charge is 0.364 e. The highest BCUT2D eigenvalue weighted by Gasteiger charge is 2.26. The molecule has 1 aliphatic rings. The summed E-state index contributed by atoms with van der Waals surface area (Å²) < 4.78 is 0.958. The third kappa shape index (κ3) is 4.75. The van der Waals surface area contributed by atoms with Crippen LogP contribution in [0.3, 0.4) is 0 Å². The maximum Gasteiger partial charge on any atom is 0.267 e. The molecule has 1 aromatic carbocycles. The van der Waals surface area contributed by atoms with Gasteiger partial charge in [0.1, 0.15) is 5.69 Å². The van der Waals surface area contributed by atoms with Gasteiger partial charge in [-0.1, -0.05) is 12.1 Å². The van der Waals surface area contributed by atoms with E-state index >= 15 is 0 Å². The van der Waals surface area contributed by atoms with E-state index in [1.54, 1.807) is 19.2 Å². The minimum atomic E-state index is -0.539. The zero-order valence-corrected chi connectivity index (χ0v) is 18.9. The lowest BCUT2D eigenvalue weighted by molar-refractivity contribution is -0.128. The van der Waals surface area contributed by atoms with Crippen molar-refractivity contribution < 1.29 is 9.59 Å². The van der Waals surface area contributed by atoms with Crippen LogP contribution in [-0.2, 0) is 11.3 Å². The Morgan fingerprint density at radius 3 is 2.71 bits per heavy atom. The van der Waals surface area contributed by atoms with Crippen molar-refractivity contribution in [2.45, 2.75) is 19.4 Å². The van der Waals surface area contributed by atoms with Crippen LogP contribution < -0.4 is 5.73 Å². The predicted octanol–water partition coefficient (Wildman–Crippen LogP) is 2.94. The van der Waals surface area contributed by atoms with E-state index in [4.69, 9.17) is 5.73 Å². The maximum absolute atomic E-state index is 12.1. The molecule has 2 N–H and O–H groups in total. The molecule has 1 atom stereocenters. The Balaban J connectivity index is 1.60. The fraction of sp³-hybridized carbons (Fsp3) is 0.304. The summed E-state index contributed by atoms with van der Waals surface area (Å²) in [6, 6.07) is 11.5. The van der Waals surface area contributed by atoms with Crippen LogP contribution in [-0.4, -0.2) is 57.8 Å². The number of rotatable bonds is 4. The van der Waals surface area contributed by atoms with Gasteiger partial charge in [-0.2, -0.15) is 0 Å². The molecule has 31 heavy (non-hydrogen) atoms. The predicted molar refractivity (Wildman–Crippen MR) is 122 cm³/mol. The number of hydrogen-bond acceptors (Lipinski definition) is 5. The van der Waals surface area contributed by atoms with E-state index in [-0.39, 0.29) is 17.5 Å². The number of pyridine rings is 2. The maximum atomic E-state index is 12.1. The van der Waals surface area contributed by atoms with E-state index in [0.29, 0.717) is 13.1 Å². The van der Waals surface area contributed by atoms with Gasteiger partial charge >= 0.3 is 0 Å². The molecular weight excluding hydrogens is 458 g/mol. The molecule has 3 heterocycles. The summed E-state index contributed by atoms with van der Waals surface area (Å²) in [7, 11) is 0. The molecule has 1 saturated heterocycles. The van der Waals surface area contributed by atoms with Gasteiger partial charge in [0.05, 0.1) is 5.52 Å². The van der Waals surface area contributed by atoms with Gasteiger partial charge in [-0.05, 0) is 51.3 Å². The Bertz CT molecular complexity index is 1120. The van der Waals surface area contributed by atoms with E-state index in [9.17, 15) is 9.59 Å². The molecule has 7 nitrogen and oxygen atoms in total. The van der Waals surface area contributed by atoms with E-state index in [1.807, 2.05) is 35.4 Å². The van der Waals surface area contributed by atoms with Crippen molar-refractivity contribution in [1.82, 2.24) is 19.8 Å². The minimum absolute atomic E-state index is 0.0963. The van der Waals surface area contributed by atoms with Crippen LogP contribution in [0.15, 0.2) is 53.3 Å². The van der Waals surface area contributed by atoms with Crippen LogP contribution in [0.4, 0.5) is 0 Å². The number of nitrogens with zero attached hydrogens (tertiary/aromatic N) is 4. The van der Waals surface area contributed by atoms with Crippen molar-refractivity contribution in [3.05, 3.63) is 70.1 Å². The smallest absolute Gasteiger partial charge is 0.267 e. The average molecular weight is 482 g/mol. The lowest BCUT2D eigenvalue weighted by Crippen LogP contribution is -2.34. The Morgan fingerprint density at radius 2 is 2.00 bits per heavy atom. The Kier molecular flexibility index (Phi) is 6.29. The second kappa shape index (κ2) is 9.11. The van der Waals surface area contributed by atoms with Crippen molar-refractivity contribution >= 4 is 38.6 Å². The molecule has 1 fully saturated rings. The second-order valence-corrected chi connectivity index (χ2v) is 8.64. The zero-order valence-electron chi connectivity index (χ0n) is 17.3. The van der Waals surface area contributed by atoms with E-state index in [0.717, 1.165) is 46.1 Å². The van der Waals surface area contributed by atoms with Gasteiger partial charge < -0.3 is 10.6 Å². The SMILES string of the molecule is CC(=O)N1CCN(Cc2ccc3nc(C(N)=O)ccc3c2Br)C[C@@H](c2cccnc2)C1. The molecule has 0 spiro atoms. The minimum Gasteiger partial charge on any atom is -0.364 e. The molecular formula is C23H24BrN5O2. The fourth-order valence-corrected chi connectivity index (χ4v) is 4.64. The number of benzene rings is 1. The van der Waals surface area contributed by atoms with Gasteiger partial charge in [0.25, 0.3) is 5.91 Å². The lowest BCUT2D eigenvalue weighted by atomic mass is 9.99. The number of carbonyl (C=O) groups excluding carboxylic acids is 2. The van der Waals surface area contributed by atoms with Crippen molar-refractivity contribution in [3.8, 4) is 0 Å². The van der Waals surface area contributed by atoms with Crippen LogP contribution in [0.25, 0.3) is 10.9 Å². The second-order valence-electron chi connectivity index (χ2n) is 7.85. The molecule has 8 heteroatoms. The fourth-order valence-electron chi connectivity index (χ4n) is 4.05. The molecule has 160 valence electrons. The van der Waals surface area contributed by atoms with Crippen LogP contribution in [0, 0.1) is 0 Å². The number of nitrogens with two attached hydrogens (primary N) is 1. The summed E-state index contributed by atoms with van der Waals surface area (Å²) in [5.74, 6) is -0.249. The average Bonchev–Trinajstić information content (AvgIpc) is 2.99. The number of aromatic nitrogens is 2. The summed E-state index contributed by atoms with van der Waals surface area (Å²) in [5, 5.41) is 0.937. The van der Waals surface area contributed by atoms with Gasteiger partial charge in [0.2, 0.25) is 5.91 Å². The monoisotopic (exact) mass is 481 g/mol. The van der Waals surface area contributed by atoms with Crippen molar-refractivity contribution in [3.63, 3.8) is 0 Å². The van der Waals surface area contributed by atoms with Gasteiger partial charge in [-0.15, -0.1) is 0 Å². The molecule has 1 aliphatic heterocycles. The summed E-state index contributed by atoms with van der Waals surface area (Å²) in [6.45, 7) is 5.37. The number of fused-ring (bicyclic) bond motifs is 1. The Morgan fingerprint density at radius 1 is 1.16 bits per heavy atom. The van der Waals surface area contributed by atoms with Gasteiger partial charge in [0, 0.05) is 67.8 Å². The normalized spacial score (nSPS) is 17.5. The first-order chi connectivity index (χ1) is 14.9. The molecule has 3 aromatic rings. The first-order valence-electron chi connectivity index (χ1n) is 10.2. The lowest BCUT2D eigenvalue weighted by Gasteiger charge is -2.25. The molecule has 4 rings (SSSR count). The molecule has 0 unspecified atom stereocenters. The summed E-state index contributed by atoms with van der Waals surface area (Å²) in [6.07, 6.45) is 3.66. The van der Waals surface area contributed by atoms with Crippen LogP contribution in [0.1, 0.15) is 34.5 Å². The van der Waals surface area contributed by atoms with Gasteiger partial charge in [-0.25, -0.2) is 4.98 Å². The van der Waals surface area contributed by atoms with E-state index in [2.05, 4.69) is 36.9 Å². The van der Waals surface area contributed by atoms with Crippen molar-refractivity contribution in [2.24, 2.45) is 5.73 Å². The Hall–Kier alpha value is -2.84. The molecule has 2 aromatic heterocycles. The number of primary amides is 1. The number of halogens is 1. The highest BCUT2D eigenvalue weighted by molar-refractivity contribution is 9.10. The van der Waals surface area contributed by atoms with E-state index < -0.39 is 5.91 Å². The topological polar surface area (TPSA) is 92.4 Å². The molecule has 0 aliphatic carbocycles. The number of hydrogen-bond donors (Lipinski definition) is 1. The summed E-state index contributed by atoms with van der Waals surface area (Å²) in [5.41, 5.74) is 8.59. The summed E-state index contributed by atoms with van der Waals surface area (Å²) >= 11 is 3.73. The quantitative estimate of drug-likeness (QED) is 0.618. The third-order valence-electron chi connectivity index (χ3n) is 5.74. The van der Waals surface area contributed by atoms with Gasteiger partial charge in [-0.3, -0.25) is 19.5 Å². The zero-order chi connectivity index (χ0) is 22.0.